The maximum atomic E-state index is 12.8. The second-order valence-corrected chi connectivity index (χ2v) is 8.90. The van der Waals surface area contributed by atoms with E-state index in [4.69, 9.17) is 39.5 Å². The van der Waals surface area contributed by atoms with Gasteiger partial charge in [-0.3, -0.25) is 4.72 Å². The molecule has 146 valence electrons. The van der Waals surface area contributed by atoms with Gasteiger partial charge >= 0.3 is 0 Å². The minimum absolute atomic E-state index is 0.0866. The van der Waals surface area contributed by atoms with Gasteiger partial charge in [0.15, 0.2) is 0 Å². The molecule has 0 unspecified atom stereocenters. The zero-order valence-corrected chi connectivity index (χ0v) is 17.8. The predicted octanol–water partition coefficient (Wildman–Crippen LogP) is 6.05. The average molecular weight is 457 g/mol. The Hall–Kier alpha value is -1.92. The van der Waals surface area contributed by atoms with Gasteiger partial charge in [-0.15, -0.1) is 0 Å². The van der Waals surface area contributed by atoms with E-state index in [0.717, 1.165) is 0 Å². The van der Waals surface area contributed by atoms with Crippen molar-refractivity contribution in [1.29, 1.82) is 0 Å². The zero-order valence-electron chi connectivity index (χ0n) is 14.7. The van der Waals surface area contributed by atoms with Crippen LogP contribution in [0.15, 0.2) is 65.6 Å². The summed E-state index contributed by atoms with van der Waals surface area (Å²) in [5, 5.41) is 1.46. The van der Waals surface area contributed by atoms with Gasteiger partial charge in [0.05, 0.1) is 17.7 Å². The molecule has 0 radical (unpaired) electrons. The van der Waals surface area contributed by atoms with Crippen LogP contribution in [-0.2, 0) is 16.4 Å². The maximum absolute atomic E-state index is 12.8. The van der Waals surface area contributed by atoms with Crippen LogP contribution in [0, 0.1) is 0 Å². The lowest BCUT2D eigenvalue weighted by molar-refractivity contribution is 0.413. The molecular formula is C20H16Cl3NO3S. The summed E-state index contributed by atoms with van der Waals surface area (Å²) >= 11 is 18.7. The summed E-state index contributed by atoms with van der Waals surface area (Å²) in [5.74, 6) is 0.446. The van der Waals surface area contributed by atoms with Crippen LogP contribution in [0.25, 0.3) is 0 Å². The van der Waals surface area contributed by atoms with Crippen molar-refractivity contribution in [3.63, 3.8) is 0 Å². The van der Waals surface area contributed by atoms with Crippen LogP contribution >= 0.6 is 34.8 Å². The van der Waals surface area contributed by atoms with Crippen LogP contribution in [0.1, 0.15) is 11.1 Å². The normalized spacial score (nSPS) is 11.3. The Labute approximate surface area is 179 Å². The fourth-order valence-electron chi connectivity index (χ4n) is 2.67. The number of halogens is 3. The van der Waals surface area contributed by atoms with Crippen molar-refractivity contribution in [2.45, 2.75) is 11.3 Å². The molecule has 0 aliphatic heterocycles. The van der Waals surface area contributed by atoms with Crippen molar-refractivity contribution in [1.82, 2.24) is 0 Å². The van der Waals surface area contributed by atoms with Crippen molar-refractivity contribution in [3.05, 3.63) is 86.9 Å². The highest BCUT2D eigenvalue weighted by atomic mass is 35.5. The Balaban J connectivity index is 1.99. The van der Waals surface area contributed by atoms with Gasteiger partial charge in [0.25, 0.3) is 10.0 Å². The Morgan fingerprint density at radius 1 is 0.929 bits per heavy atom. The molecule has 4 nitrogen and oxygen atoms in total. The SMILES string of the molecule is COc1cccc(S(=O)(=O)Nc2ccc(Cl)cc2Cc2c(Cl)cccc2Cl)c1. The number of nitrogens with one attached hydrogen (secondary N) is 1. The molecule has 0 saturated carbocycles. The highest BCUT2D eigenvalue weighted by molar-refractivity contribution is 7.92. The first-order valence-electron chi connectivity index (χ1n) is 8.18. The monoisotopic (exact) mass is 455 g/mol. The minimum Gasteiger partial charge on any atom is -0.497 e. The molecule has 28 heavy (non-hydrogen) atoms. The van der Waals surface area contributed by atoms with E-state index < -0.39 is 10.0 Å². The van der Waals surface area contributed by atoms with Crippen LogP contribution < -0.4 is 9.46 Å². The predicted molar refractivity (Wildman–Crippen MR) is 115 cm³/mol. The third-order valence-corrected chi connectivity index (χ3v) is 6.40. The maximum Gasteiger partial charge on any atom is 0.262 e. The minimum atomic E-state index is -3.83. The van der Waals surface area contributed by atoms with Gasteiger partial charge in [0.1, 0.15) is 5.75 Å². The Morgan fingerprint density at radius 2 is 1.61 bits per heavy atom. The summed E-state index contributed by atoms with van der Waals surface area (Å²) in [6, 6.07) is 16.3. The number of anilines is 1. The summed E-state index contributed by atoms with van der Waals surface area (Å²) in [7, 11) is -2.36. The van der Waals surface area contributed by atoms with Crippen molar-refractivity contribution in [3.8, 4) is 5.75 Å². The average Bonchev–Trinajstić information content (AvgIpc) is 2.67. The molecule has 0 aliphatic rings. The molecule has 3 rings (SSSR count). The first-order chi connectivity index (χ1) is 13.3. The molecule has 0 aromatic heterocycles. The molecule has 8 heteroatoms. The molecule has 0 spiro atoms. The van der Waals surface area contributed by atoms with E-state index in [1.54, 1.807) is 48.5 Å². The lowest BCUT2D eigenvalue weighted by Gasteiger charge is -2.15. The van der Waals surface area contributed by atoms with Gasteiger partial charge < -0.3 is 4.74 Å². The van der Waals surface area contributed by atoms with E-state index in [0.29, 0.717) is 44.1 Å². The standard InChI is InChI=1S/C20H16Cl3NO3S/c1-27-15-4-2-5-16(12-15)28(25,26)24-20-9-8-14(21)10-13(20)11-17-18(22)6-3-7-19(17)23/h2-10,12,24H,11H2,1H3. The van der Waals surface area contributed by atoms with Gasteiger partial charge in [-0.1, -0.05) is 46.9 Å². The lowest BCUT2D eigenvalue weighted by atomic mass is 10.0. The second-order valence-electron chi connectivity index (χ2n) is 5.96. The number of benzene rings is 3. The summed E-state index contributed by atoms with van der Waals surface area (Å²) in [6.45, 7) is 0. The Bertz CT molecular complexity index is 1100. The summed E-state index contributed by atoms with van der Waals surface area (Å²) in [6.07, 6.45) is 0.315. The zero-order chi connectivity index (χ0) is 20.3. The van der Waals surface area contributed by atoms with Gasteiger partial charge in [0.2, 0.25) is 0 Å². The van der Waals surface area contributed by atoms with Crippen molar-refractivity contribution in [2.75, 3.05) is 11.8 Å². The van der Waals surface area contributed by atoms with Crippen LogP contribution in [0.5, 0.6) is 5.75 Å². The first-order valence-corrected chi connectivity index (χ1v) is 10.8. The molecular weight excluding hydrogens is 441 g/mol. The highest BCUT2D eigenvalue weighted by Gasteiger charge is 2.18. The molecule has 0 aliphatic carbocycles. The van der Waals surface area contributed by atoms with E-state index in [-0.39, 0.29) is 4.90 Å². The topological polar surface area (TPSA) is 55.4 Å². The van der Waals surface area contributed by atoms with E-state index in [2.05, 4.69) is 4.72 Å². The van der Waals surface area contributed by atoms with Crippen LogP contribution in [0.4, 0.5) is 5.69 Å². The van der Waals surface area contributed by atoms with E-state index in [1.807, 2.05) is 0 Å². The lowest BCUT2D eigenvalue weighted by Crippen LogP contribution is -2.14. The van der Waals surface area contributed by atoms with Crippen LogP contribution in [0.3, 0.4) is 0 Å². The van der Waals surface area contributed by atoms with Gasteiger partial charge in [-0.05, 0) is 53.6 Å². The number of hydrogen-bond donors (Lipinski definition) is 1. The Morgan fingerprint density at radius 3 is 2.29 bits per heavy atom. The number of hydrogen-bond acceptors (Lipinski definition) is 3. The van der Waals surface area contributed by atoms with Crippen molar-refractivity contribution >= 4 is 50.5 Å². The molecule has 3 aromatic rings. The van der Waals surface area contributed by atoms with E-state index >= 15 is 0 Å². The van der Waals surface area contributed by atoms with Gasteiger partial charge in [-0.2, -0.15) is 0 Å². The fraction of sp³-hybridized carbons (Fsp3) is 0.100. The quantitative estimate of drug-likeness (QED) is 0.491. The molecule has 0 heterocycles. The molecule has 3 aromatic carbocycles. The van der Waals surface area contributed by atoms with E-state index in [9.17, 15) is 8.42 Å². The largest absolute Gasteiger partial charge is 0.497 e. The fourth-order valence-corrected chi connectivity index (χ4v) is 4.53. The van der Waals surface area contributed by atoms with Crippen molar-refractivity contribution in [2.24, 2.45) is 0 Å². The van der Waals surface area contributed by atoms with Crippen molar-refractivity contribution < 1.29 is 13.2 Å². The molecule has 0 amide bonds. The summed E-state index contributed by atoms with van der Waals surface area (Å²) in [5.41, 5.74) is 1.73. The Kier molecular flexibility index (Phi) is 6.40. The van der Waals surface area contributed by atoms with Gasteiger partial charge in [-0.25, -0.2) is 8.42 Å². The number of rotatable bonds is 6. The molecule has 0 fully saturated rings. The summed E-state index contributed by atoms with van der Waals surface area (Å²) in [4.78, 5) is 0.0866. The molecule has 0 atom stereocenters. The molecule has 1 N–H and O–H groups in total. The third-order valence-electron chi connectivity index (χ3n) is 4.09. The van der Waals surface area contributed by atoms with Crippen LogP contribution in [0.2, 0.25) is 15.1 Å². The third kappa shape index (κ3) is 4.73. The highest BCUT2D eigenvalue weighted by Crippen LogP contribution is 2.31. The van der Waals surface area contributed by atoms with Gasteiger partial charge in [0, 0.05) is 27.6 Å². The van der Waals surface area contributed by atoms with Crippen LogP contribution in [-0.4, -0.2) is 15.5 Å². The first kappa shape index (κ1) is 20.8. The smallest absolute Gasteiger partial charge is 0.262 e. The number of methoxy groups -OCH3 is 1. The number of ether oxygens (including phenoxy) is 1. The molecule has 0 saturated heterocycles. The summed E-state index contributed by atoms with van der Waals surface area (Å²) < 4.78 is 33.4. The number of sulfonamides is 1. The molecule has 0 bridgehead atoms. The van der Waals surface area contributed by atoms with E-state index in [1.165, 1.54) is 19.2 Å². The second kappa shape index (κ2) is 8.62.